The van der Waals surface area contributed by atoms with Gasteiger partial charge in [0.1, 0.15) is 0 Å². The Kier molecular flexibility index (Phi) is 4.56. The van der Waals surface area contributed by atoms with Crippen molar-refractivity contribution in [3.05, 3.63) is 0 Å². The fourth-order valence-electron chi connectivity index (χ4n) is 1.80. The fourth-order valence-corrected chi connectivity index (χ4v) is 1.80. The fraction of sp³-hybridized carbons (Fsp3) is 1.00. The molecule has 0 bridgehead atoms. The lowest BCUT2D eigenvalue weighted by molar-refractivity contribution is -0.123. The zero-order chi connectivity index (χ0) is 11.5. The lowest BCUT2D eigenvalue weighted by Crippen LogP contribution is -2.34. The van der Waals surface area contributed by atoms with E-state index in [9.17, 15) is 0 Å². The van der Waals surface area contributed by atoms with Crippen LogP contribution in [0.2, 0.25) is 0 Å². The van der Waals surface area contributed by atoms with E-state index in [1.54, 1.807) is 0 Å². The second-order valence-electron chi connectivity index (χ2n) is 5.51. The molecule has 0 amide bonds. The van der Waals surface area contributed by atoms with Gasteiger partial charge in [0.25, 0.3) is 0 Å². The van der Waals surface area contributed by atoms with E-state index in [4.69, 9.17) is 15.2 Å². The molecule has 0 spiro atoms. The molecule has 1 heterocycles. The topological polar surface area (TPSA) is 44.5 Å². The summed E-state index contributed by atoms with van der Waals surface area (Å²) >= 11 is 0. The van der Waals surface area contributed by atoms with E-state index < -0.39 is 0 Å². The minimum atomic E-state index is -0.0446. The molecule has 0 aromatic carbocycles. The smallest absolute Gasteiger partial charge is 0.162 e. The summed E-state index contributed by atoms with van der Waals surface area (Å²) in [5.74, 6) is 0.547. The molecule has 0 aliphatic carbocycles. The summed E-state index contributed by atoms with van der Waals surface area (Å²) in [6.07, 6.45) is 2.04. The van der Waals surface area contributed by atoms with E-state index in [2.05, 4.69) is 27.7 Å². The average Bonchev–Trinajstić information content (AvgIpc) is 2.67. The van der Waals surface area contributed by atoms with Crippen molar-refractivity contribution in [3.8, 4) is 0 Å². The lowest BCUT2D eigenvalue weighted by Gasteiger charge is -2.31. The standard InChI is InChI=1S/C12H25NO2/c1-9(2)10(13)5-6-12(3,4)11-14-7-8-15-11/h9-11H,5-8,13H2,1-4H3. The molecule has 90 valence electrons. The van der Waals surface area contributed by atoms with Crippen LogP contribution in [0.4, 0.5) is 0 Å². The summed E-state index contributed by atoms with van der Waals surface area (Å²) in [6, 6.07) is 0.283. The van der Waals surface area contributed by atoms with Crippen molar-refractivity contribution >= 4 is 0 Å². The van der Waals surface area contributed by atoms with Crippen LogP contribution >= 0.6 is 0 Å². The molecular weight excluding hydrogens is 190 g/mol. The summed E-state index contributed by atoms with van der Waals surface area (Å²) in [7, 11) is 0. The predicted octanol–water partition coefficient (Wildman–Crippen LogP) is 2.15. The van der Waals surface area contributed by atoms with Crippen LogP contribution in [0.1, 0.15) is 40.5 Å². The second-order valence-corrected chi connectivity index (χ2v) is 5.51. The molecule has 15 heavy (non-hydrogen) atoms. The monoisotopic (exact) mass is 215 g/mol. The maximum absolute atomic E-state index is 6.04. The Morgan fingerprint density at radius 2 is 1.80 bits per heavy atom. The third-order valence-corrected chi connectivity index (χ3v) is 3.24. The van der Waals surface area contributed by atoms with Crippen LogP contribution in [-0.2, 0) is 9.47 Å². The van der Waals surface area contributed by atoms with Crippen LogP contribution in [-0.4, -0.2) is 25.5 Å². The van der Waals surface area contributed by atoms with Gasteiger partial charge in [-0.3, -0.25) is 0 Å². The average molecular weight is 215 g/mol. The minimum Gasteiger partial charge on any atom is -0.350 e. The van der Waals surface area contributed by atoms with Gasteiger partial charge in [-0.25, -0.2) is 0 Å². The maximum Gasteiger partial charge on any atom is 0.162 e. The Morgan fingerprint density at radius 1 is 1.27 bits per heavy atom. The van der Waals surface area contributed by atoms with Gasteiger partial charge < -0.3 is 15.2 Å². The minimum absolute atomic E-state index is 0.0446. The van der Waals surface area contributed by atoms with E-state index in [1.165, 1.54) is 0 Å². The van der Waals surface area contributed by atoms with Gasteiger partial charge in [0.05, 0.1) is 13.2 Å². The van der Waals surface area contributed by atoms with Crippen LogP contribution in [0, 0.1) is 11.3 Å². The van der Waals surface area contributed by atoms with E-state index in [0.717, 1.165) is 26.1 Å². The summed E-state index contributed by atoms with van der Waals surface area (Å²) in [5, 5.41) is 0. The molecular formula is C12H25NO2. The van der Waals surface area contributed by atoms with E-state index in [1.807, 2.05) is 0 Å². The highest BCUT2D eigenvalue weighted by atomic mass is 16.7. The number of nitrogens with two attached hydrogens (primary N) is 1. The Hall–Kier alpha value is -0.120. The first kappa shape index (κ1) is 12.9. The molecule has 0 radical (unpaired) electrons. The highest BCUT2D eigenvalue weighted by Gasteiger charge is 2.34. The van der Waals surface area contributed by atoms with E-state index >= 15 is 0 Å². The zero-order valence-electron chi connectivity index (χ0n) is 10.5. The van der Waals surface area contributed by atoms with E-state index in [0.29, 0.717) is 5.92 Å². The molecule has 3 heteroatoms. The van der Waals surface area contributed by atoms with E-state index in [-0.39, 0.29) is 17.7 Å². The van der Waals surface area contributed by atoms with Gasteiger partial charge in [0.2, 0.25) is 0 Å². The van der Waals surface area contributed by atoms with Crippen molar-refractivity contribution in [2.45, 2.75) is 52.9 Å². The number of hydrogen-bond donors (Lipinski definition) is 1. The molecule has 1 aliphatic heterocycles. The highest BCUT2D eigenvalue weighted by molar-refractivity contribution is 4.78. The van der Waals surface area contributed by atoms with Crippen molar-refractivity contribution < 1.29 is 9.47 Å². The summed E-state index contributed by atoms with van der Waals surface area (Å²) < 4.78 is 11.1. The SMILES string of the molecule is CC(C)C(N)CCC(C)(C)C1OCCO1. The Balaban J connectivity index is 2.35. The Labute approximate surface area is 93.3 Å². The Bertz CT molecular complexity index is 186. The van der Waals surface area contributed by atoms with Crippen LogP contribution in [0.15, 0.2) is 0 Å². The molecule has 1 atom stereocenters. The third kappa shape index (κ3) is 3.74. The second kappa shape index (κ2) is 5.28. The molecule has 1 unspecified atom stereocenters. The largest absolute Gasteiger partial charge is 0.350 e. The molecule has 1 saturated heterocycles. The van der Waals surface area contributed by atoms with Crippen LogP contribution in [0.5, 0.6) is 0 Å². The molecule has 0 aromatic heterocycles. The third-order valence-electron chi connectivity index (χ3n) is 3.24. The molecule has 0 saturated carbocycles. The lowest BCUT2D eigenvalue weighted by atomic mass is 9.84. The van der Waals surface area contributed by atoms with Gasteiger partial charge >= 0.3 is 0 Å². The van der Waals surface area contributed by atoms with Gasteiger partial charge in [-0.1, -0.05) is 27.7 Å². The van der Waals surface area contributed by atoms with Gasteiger partial charge in [-0.05, 0) is 18.8 Å². The van der Waals surface area contributed by atoms with Crippen LogP contribution in [0.3, 0.4) is 0 Å². The van der Waals surface area contributed by atoms with Gasteiger partial charge in [-0.2, -0.15) is 0 Å². The molecule has 0 aromatic rings. The number of ether oxygens (including phenoxy) is 2. The maximum atomic E-state index is 6.04. The first-order chi connectivity index (χ1) is 6.93. The summed E-state index contributed by atoms with van der Waals surface area (Å²) in [4.78, 5) is 0. The molecule has 1 aliphatic rings. The number of rotatable bonds is 5. The van der Waals surface area contributed by atoms with Crippen LogP contribution in [0.25, 0.3) is 0 Å². The summed E-state index contributed by atoms with van der Waals surface area (Å²) in [6.45, 7) is 10.2. The first-order valence-corrected chi connectivity index (χ1v) is 5.92. The highest BCUT2D eigenvalue weighted by Crippen LogP contribution is 2.32. The van der Waals surface area contributed by atoms with Gasteiger partial charge in [0, 0.05) is 11.5 Å². The zero-order valence-corrected chi connectivity index (χ0v) is 10.5. The molecule has 1 rings (SSSR count). The van der Waals surface area contributed by atoms with Crippen molar-refractivity contribution in [2.75, 3.05) is 13.2 Å². The van der Waals surface area contributed by atoms with Gasteiger partial charge in [0.15, 0.2) is 6.29 Å². The molecule has 1 fully saturated rings. The van der Waals surface area contributed by atoms with Crippen molar-refractivity contribution in [3.63, 3.8) is 0 Å². The number of hydrogen-bond acceptors (Lipinski definition) is 3. The quantitative estimate of drug-likeness (QED) is 0.764. The molecule has 2 N–H and O–H groups in total. The van der Waals surface area contributed by atoms with Crippen molar-refractivity contribution in [1.82, 2.24) is 0 Å². The van der Waals surface area contributed by atoms with Crippen LogP contribution < -0.4 is 5.73 Å². The van der Waals surface area contributed by atoms with Crippen molar-refractivity contribution in [2.24, 2.45) is 17.1 Å². The Morgan fingerprint density at radius 3 is 2.27 bits per heavy atom. The summed E-state index contributed by atoms with van der Waals surface area (Å²) in [5.41, 5.74) is 6.11. The van der Waals surface area contributed by atoms with Gasteiger partial charge in [-0.15, -0.1) is 0 Å². The first-order valence-electron chi connectivity index (χ1n) is 5.92. The normalized spacial score (nSPS) is 21.2. The predicted molar refractivity (Wildman–Crippen MR) is 61.5 cm³/mol. The molecule has 3 nitrogen and oxygen atoms in total. The van der Waals surface area contributed by atoms with Crippen molar-refractivity contribution in [1.29, 1.82) is 0 Å².